The average Bonchev–Trinajstić information content (AvgIpc) is 3.35. The summed E-state index contributed by atoms with van der Waals surface area (Å²) in [6.07, 6.45) is 2.38. The van der Waals surface area contributed by atoms with Crippen molar-refractivity contribution in [1.29, 1.82) is 0 Å². The molecule has 11 heteroatoms. The lowest BCUT2D eigenvalue weighted by atomic mass is 9.79. The van der Waals surface area contributed by atoms with Gasteiger partial charge in [0, 0.05) is 39.4 Å². The summed E-state index contributed by atoms with van der Waals surface area (Å²) in [6.45, 7) is 18.0. The molecule has 0 aliphatic carbocycles. The van der Waals surface area contributed by atoms with Gasteiger partial charge >= 0.3 is 7.12 Å². The highest BCUT2D eigenvalue weighted by molar-refractivity contribution is 7.89. The summed E-state index contributed by atoms with van der Waals surface area (Å²) in [7, 11) is -5.56. The van der Waals surface area contributed by atoms with Gasteiger partial charge in [0.15, 0.2) is 0 Å². The van der Waals surface area contributed by atoms with E-state index in [-0.39, 0.29) is 11.4 Å². The van der Waals surface area contributed by atoms with E-state index in [1.165, 1.54) is 4.31 Å². The minimum Gasteiger partial charge on any atom is -0.399 e. The SMILES string of the molecule is CC1(O)CCN(S(=O)(=O)c2ccc3c(B4OC(C)(C)C(C)(C)O4)cn(COCC[Si](C)(C)C)c3c2)C1. The van der Waals surface area contributed by atoms with Crippen LogP contribution in [0.4, 0.5) is 0 Å². The number of aromatic nitrogens is 1. The molecule has 2 saturated heterocycles. The van der Waals surface area contributed by atoms with E-state index < -0.39 is 42.0 Å². The number of sulfonamides is 1. The summed E-state index contributed by atoms with van der Waals surface area (Å²) in [5.41, 5.74) is -0.387. The topological polar surface area (TPSA) is 90.2 Å². The Morgan fingerprint density at radius 2 is 1.75 bits per heavy atom. The van der Waals surface area contributed by atoms with Crippen molar-refractivity contribution in [2.45, 2.75) is 95.2 Å². The first-order valence-electron chi connectivity index (χ1n) is 12.7. The Bertz CT molecular complexity index is 1220. The van der Waals surface area contributed by atoms with Crippen LogP contribution in [0.15, 0.2) is 29.3 Å². The van der Waals surface area contributed by atoms with Crippen LogP contribution in [0.25, 0.3) is 10.9 Å². The molecule has 1 aromatic carbocycles. The second-order valence-corrected chi connectivity index (χ2v) is 20.3. The van der Waals surface area contributed by atoms with Crippen molar-refractivity contribution in [1.82, 2.24) is 8.87 Å². The van der Waals surface area contributed by atoms with Crippen molar-refractivity contribution >= 4 is 41.6 Å². The van der Waals surface area contributed by atoms with Crippen molar-refractivity contribution in [3.63, 3.8) is 0 Å². The third kappa shape index (κ3) is 5.48. The zero-order chi connectivity index (χ0) is 26.7. The van der Waals surface area contributed by atoms with Crippen LogP contribution >= 0.6 is 0 Å². The minimum atomic E-state index is -3.75. The van der Waals surface area contributed by atoms with Gasteiger partial charge in [-0.25, -0.2) is 8.42 Å². The number of fused-ring (bicyclic) bond motifs is 1. The first-order chi connectivity index (χ1) is 16.4. The Hall–Kier alpha value is -1.21. The summed E-state index contributed by atoms with van der Waals surface area (Å²) in [4.78, 5) is 0.203. The normalized spacial score (nSPS) is 24.8. The maximum absolute atomic E-state index is 13.4. The highest BCUT2D eigenvalue weighted by Gasteiger charge is 2.52. The first kappa shape index (κ1) is 27.8. The third-order valence-electron chi connectivity index (χ3n) is 7.67. The smallest absolute Gasteiger partial charge is 0.399 e. The van der Waals surface area contributed by atoms with E-state index in [0.717, 1.165) is 22.4 Å². The van der Waals surface area contributed by atoms with E-state index in [2.05, 4.69) is 19.6 Å². The largest absolute Gasteiger partial charge is 0.497 e. The van der Waals surface area contributed by atoms with E-state index in [0.29, 0.717) is 26.3 Å². The van der Waals surface area contributed by atoms with E-state index in [9.17, 15) is 13.5 Å². The zero-order valence-corrected chi connectivity index (χ0v) is 24.7. The predicted molar refractivity (Wildman–Crippen MR) is 146 cm³/mol. The maximum Gasteiger partial charge on any atom is 0.497 e. The second-order valence-electron chi connectivity index (χ2n) is 12.8. The monoisotopic (exact) mass is 536 g/mol. The minimum absolute atomic E-state index is 0.0906. The van der Waals surface area contributed by atoms with E-state index in [4.69, 9.17) is 14.0 Å². The molecule has 1 atom stereocenters. The van der Waals surface area contributed by atoms with Crippen molar-refractivity contribution in [2.75, 3.05) is 19.7 Å². The molecule has 0 amide bonds. The summed E-state index contributed by atoms with van der Waals surface area (Å²) in [6, 6.07) is 6.21. The average molecular weight is 537 g/mol. The number of rotatable bonds is 8. The van der Waals surface area contributed by atoms with Crippen molar-refractivity contribution in [2.24, 2.45) is 0 Å². The Kier molecular flexibility index (Phi) is 7.12. The summed E-state index contributed by atoms with van der Waals surface area (Å²) in [5.74, 6) is 0. The molecular formula is C25H41BN2O6SSi. The molecule has 1 aromatic heterocycles. The molecule has 2 aliphatic rings. The van der Waals surface area contributed by atoms with Crippen molar-refractivity contribution in [3.05, 3.63) is 24.4 Å². The maximum atomic E-state index is 13.4. The standard InChI is InChI=1S/C25H41BN2O6SSi/c1-23(2)24(3,4)34-26(33-23)21-16-27(18-32-13-14-36(6,7)8)22-15-19(9-10-20(21)22)35(30,31)28-12-11-25(5,29)17-28/h9-10,15-16,29H,11-14,17-18H2,1-8H3. The lowest BCUT2D eigenvalue weighted by Crippen LogP contribution is -2.41. The fourth-order valence-corrected chi connectivity index (χ4v) is 6.86. The van der Waals surface area contributed by atoms with Gasteiger partial charge in [-0.05, 0) is 64.6 Å². The molecule has 8 nitrogen and oxygen atoms in total. The number of hydrogen-bond acceptors (Lipinski definition) is 6. The fourth-order valence-electron chi connectivity index (χ4n) is 4.52. The van der Waals surface area contributed by atoms with E-state index in [1.54, 1.807) is 19.1 Å². The third-order valence-corrected chi connectivity index (χ3v) is 11.2. The molecule has 1 N–H and O–H groups in total. The molecule has 3 heterocycles. The Morgan fingerprint density at radius 3 is 2.31 bits per heavy atom. The lowest BCUT2D eigenvalue weighted by molar-refractivity contribution is 0.00578. The fraction of sp³-hybridized carbons (Fsp3) is 0.680. The van der Waals surface area contributed by atoms with Gasteiger partial charge in [-0.2, -0.15) is 4.31 Å². The predicted octanol–water partition coefficient (Wildman–Crippen LogP) is 3.40. The number of ether oxygens (including phenoxy) is 1. The molecule has 0 spiro atoms. The molecule has 4 rings (SSSR count). The van der Waals surface area contributed by atoms with Crippen LogP contribution in [0.3, 0.4) is 0 Å². The molecular weight excluding hydrogens is 495 g/mol. The Morgan fingerprint density at radius 1 is 1.11 bits per heavy atom. The van der Waals surface area contributed by atoms with Crippen molar-refractivity contribution < 1.29 is 27.6 Å². The molecule has 0 bridgehead atoms. The molecule has 1 unspecified atom stereocenters. The lowest BCUT2D eigenvalue weighted by Gasteiger charge is -2.32. The molecule has 2 fully saturated rings. The van der Waals surface area contributed by atoms with Crippen LogP contribution in [-0.4, -0.2) is 74.1 Å². The number of benzene rings is 1. The quantitative estimate of drug-likeness (QED) is 0.411. The number of nitrogens with zero attached hydrogens (tertiary/aromatic N) is 2. The van der Waals surface area contributed by atoms with Gasteiger partial charge in [-0.3, -0.25) is 0 Å². The van der Waals surface area contributed by atoms with Gasteiger partial charge in [0.05, 0.1) is 27.2 Å². The van der Waals surface area contributed by atoms with Crippen molar-refractivity contribution in [3.8, 4) is 0 Å². The van der Waals surface area contributed by atoms with Gasteiger partial charge in [0.25, 0.3) is 0 Å². The summed E-state index contributed by atoms with van der Waals surface area (Å²) < 4.78 is 48.8. The van der Waals surface area contributed by atoms with Crippen LogP contribution in [0.1, 0.15) is 41.0 Å². The van der Waals surface area contributed by atoms with Gasteiger partial charge in [-0.15, -0.1) is 0 Å². The van der Waals surface area contributed by atoms with Gasteiger partial charge in [0.1, 0.15) is 6.73 Å². The number of β-amino-alcohol motifs (C(OH)–C–C–N with tert-alkyl or cyclic N) is 1. The zero-order valence-electron chi connectivity index (χ0n) is 22.9. The van der Waals surface area contributed by atoms with Crippen LogP contribution in [-0.2, 0) is 30.8 Å². The highest BCUT2D eigenvalue weighted by atomic mass is 32.2. The van der Waals surface area contributed by atoms with E-state index >= 15 is 0 Å². The Balaban J connectivity index is 1.70. The second kappa shape index (κ2) is 9.22. The van der Waals surface area contributed by atoms with Crippen LogP contribution in [0.2, 0.25) is 25.7 Å². The Labute approximate surface area is 217 Å². The molecule has 2 aliphatic heterocycles. The van der Waals surface area contributed by atoms with Crippen LogP contribution in [0, 0.1) is 0 Å². The highest BCUT2D eigenvalue weighted by Crippen LogP contribution is 2.37. The first-order valence-corrected chi connectivity index (χ1v) is 17.9. The molecule has 36 heavy (non-hydrogen) atoms. The van der Waals surface area contributed by atoms with Crippen LogP contribution < -0.4 is 5.46 Å². The number of hydrogen-bond donors (Lipinski definition) is 1. The van der Waals surface area contributed by atoms with Crippen LogP contribution in [0.5, 0.6) is 0 Å². The number of aliphatic hydroxyl groups is 1. The van der Waals surface area contributed by atoms with Gasteiger partial charge in [-0.1, -0.05) is 25.7 Å². The van der Waals surface area contributed by atoms with Gasteiger partial charge < -0.3 is 23.7 Å². The molecule has 0 saturated carbocycles. The van der Waals surface area contributed by atoms with Gasteiger partial charge in [0.2, 0.25) is 10.0 Å². The molecule has 2 aromatic rings. The molecule has 0 radical (unpaired) electrons. The summed E-state index contributed by atoms with van der Waals surface area (Å²) in [5, 5.41) is 11.2. The summed E-state index contributed by atoms with van der Waals surface area (Å²) >= 11 is 0. The molecule has 200 valence electrons. The van der Waals surface area contributed by atoms with E-state index in [1.807, 2.05) is 44.5 Å².